The van der Waals surface area contributed by atoms with E-state index in [-0.39, 0.29) is 41.9 Å². The van der Waals surface area contributed by atoms with Crippen LogP contribution in [0.15, 0.2) is 17.0 Å². The second-order valence-corrected chi connectivity index (χ2v) is 10.9. The van der Waals surface area contributed by atoms with Gasteiger partial charge < -0.3 is 18.9 Å². The van der Waals surface area contributed by atoms with Gasteiger partial charge in [-0.05, 0) is 38.5 Å². The monoisotopic (exact) mass is 462 g/mol. The molecule has 11 heteroatoms. The SMILES string of the molecule is O=C(N1CC(c2noc(C3(C(F)(F)F)CC3)n2)C1)N1CC2(CC(n3cnc(C4CC4)c3)C2)C1. The van der Waals surface area contributed by atoms with Crippen LogP contribution >= 0.6 is 0 Å². The van der Waals surface area contributed by atoms with Crippen LogP contribution in [-0.2, 0) is 5.41 Å². The zero-order valence-electron chi connectivity index (χ0n) is 18.1. The van der Waals surface area contributed by atoms with Gasteiger partial charge in [-0.1, -0.05) is 5.16 Å². The Labute approximate surface area is 188 Å². The molecule has 2 amide bonds. The van der Waals surface area contributed by atoms with Gasteiger partial charge in [0.1, 0.15) is 5.41 Å². The quantitative estimate of drug-likeness (QED) is 0.694. The van der Waals surface area contributed by atoms with Crippen molar-refractivity contribution in [1.29, 1.82) is 0 Å². The van der Waals surface area contributed by atoms with Crippen LogP contribution < -0.4 is 0 Å². The van der Waals surface area contributed by atoms with Gasteiger partial charge >= 0.3 is 12.2 Å². The molecule has 2 aromatic rings. The molecule has 8 nitrogen and oxygen atoms in total. The molecule has 3 saturated carbocycles. The normalized spacial score (nSPS) is 26.2. The molecule has 7 rings (SSSR count). The van der Waals surface area contributed by atoms with Crippen molar-refractivity contribution in [3.8, 4) is 0 Å². The van der Waals surface area contributed by atoms with E-state index in [4.69, 9.17) is 4.52 Å². The van der Waals surface area contributed by atoms with Crippen LogP contribution in [0, 0.1) is 5.41 Å². The van der Waals surface area contributed by atoms with Crippen molar-refractivity contribution in [2.75, 3.05) is 26.2 Å². The Bertz CT molecular complexity index is 1100. The lowest BCUT2D eigenvalue weighted by atomic mass is 9.60. The number of halogens is 3. The number of nitrogens with zero attached hydrogens (tertiary/aromatic N) is 6. The zero-order chi connectivity index (χ0) is 22.6. The number of aromatic nitrogens is 4. The van der Waals surface area contributed by atoms with E-state index in [9.17, 15) is 18.0 Å². The summed E-state index contributed by atoms with van der Waals surface area (Å²) in [7, 11) is 0. The van der Waals surface area contributed by atoms with Gasteiger partial charge in [-0.3, -0.25) is 0 Å². The van der Waals surface area contributed by atoms with E-state index in [2.05, 4.69) is 25.9 Å². The molecule has 2 aliphatic heterocycles. The first-order valence-corrected chi connectivity index (χ1v) is 11.7. The maximum Gasteiger partial charge on any atom is 0.403 e. The number of hydrogen-bond donors (Lipinski definition) is 0. The Morgan fingerprint density at radius 1 is 1.09 bits per heavy atom. The molecule has 4 heterocycles. The summed E-state index contributed by atoms with van der Waals surface area (Å²) >= 11 is 0. The minimum Gasteiger partial charge on any atom is -0.338 e. The van der Waals surface area contributed by atoms with Crippen molar-refractivity contribution in [3.05, 3.63) is 29.9 Å². The second-order valence-electron chi connectivity index (χ2n) is 10.9. The third-order valence-electron chi connectivity index (χ3n) is 8.36. The highest BCUT2D eigenvalue weighted by Gasteiger charge is 2.68. The van der Waals surface area contributed by atoms with Crippen molar-refractivity contribution in [3.63, 3.8) is 0 Å². The Hall–Kier alpha value is -2.59. The molecule has 2 aromatic heterocycles. The molecule has 2 saturated heterocycles. The predicted octanol–water partition coefficient (Wildman–Crippen LogP) is 3.59. The van der Waals surface area contributed by atoms with E-state index in [1.54, 1.807) is 4.90 Å². The van der Waals surface area contributed by atoms with Gasteiger partial charge in [0, 0.05) is 49.8 Å². The van der Waals surface area contributed by atoms with E-state index in [1.165, 1.54) is 18.5 Å². The number of carbonyl (C=O) groups is 1. The third-order valence-corrected chi connectivity index (χ3v) is 8.36. The minimum atomic E-state index is -4.37. The fourth-order valence-electron chi connectivity index (χ4n) is 5.79. The topological polar surface area (TPSA) is 80.3 Å². The number of hydrogen-bond acceptors (Lipinski definition) is 5. The number of alkyl halides is 3. The van der Waals surface area contributed by atoms with Gasteiger partial charge in [-0.15, -0.1) is 0 Å². The van der Waals surface area contributed by atoms with Gasteiger partial charge in [-0.2, -0.15) is 18.2 Å². The number of likely N-dealkylation sites (tertiary alicyclic amines) is 2. The lowest BCUT2D eigenvalue weighted by Gasteiger charge is -2.60. The molecule has 3 aliphatic carbocycles. The number of imidazole rings is 1. The molecular formula is C22H25F3N6O2. The number of urea groups is 1. The molecule has 5 aliphatic rings. The molecular weight excluding hydrogens is 437 g/mol. The Balaban J connectivity index is 0.900. The highest BCUT2D eigenvalue weighted by atomic mass is 19.4. The van der Waals surface area contributed by atoms with Gasteiger partial charge in [0.25, 0.3) is 0 Å². The van der Waals surface area contributed by atoms with E-state index < -0.39 is 11.6 Å². The van der Waals surface area contributed by atoms with Crippen LogP contribution in [0.5, 0.6) is 0 Å². The lowest BCUT2D eigenvalue weighted by molar-refractivity contribution is -0.166. The highest BCUT2D eigenvalue weighted by Crippen LogP contribution is 2.58. The predicted molar refractivity (Wildman–Crippen MR) is 107 cm³/mol. The van der Waals surface area contributed by atoms with Crippen molar-refractivity contribution in [2.45, 2.75) is 68.0 Å². The highest BCUT2D eigenvalue weighted by molar-refractivity contribution is 5.76. The summed E-state index contributed by atoms with van der Waals surface area (Å²) in [4.78, 5) is 25.0. The largest absolute Gasteiger partial charge is 0.403 e. The molecule has 176 valence electrons. The summed E-state index contributed by atoms with van der Waals surface area (Å²) in [5, 5.41) is 3.78. The van der Waals surface area contributed by atoms with E-state index in [0.29, 0.717) is 25.0 Å². The first-order valence-electron chi connectivity index (χ1n) is 11.7. The summed E-state index contributed by atoms with van der Waals surface area (Å²) in [5.74, 6) is 0.440. The fourth-order valence-corrected chi connectivity index (χ4v) is 5.79. The van der Waals surface area contributed by atoms with Crippen LogP contribution in [0.3, 0.4) is 0 Å². The van der Waals surface area contributed by atoms with Gasteiger partial charge in [0.15, 0.2) is 5.82 Å². The number of carbonyl (C=O) groups excluding carboxylic acids is 1. The molecule has 0 aromatic carbocycles. The van der Waals surface area contributed by atoms with E-state index >= 15 is 0 Å². The van der Waals surface area contributed by atoms with Crippen molar-refractivity contribution in [2.24, 2.45) is 5.41 Å². The van der Waals surface area contributed by atoms with Crippen LogP contribution in [-0.4, -0.2) is 67.9 Å². The van der Waals surface area contributed by atoms with Crippen LogP contribution in [0.2, 0.25) is 0 Å². The van der Waals surface area contributed by atoms with E-state index in [1.807, 2.05) is 11.2 Å². The third kappa shape index (κ3) is 2.96. The number of amides is 2. The zero-order valence-corrected chi connectivity index (χ0v) is 18.1. The van der Waals surface area contributed by atoms with Crippen molar-refractivity contribution in [1.82, 2.24) is 29.5 Å². The summed E-state index contributed by atoms with van der Waals surface area (Å²) in [5.41, 5.74) is -0.513. The van der Waals surface area contributed by atoms with Crippen LogP contribution in [0.1, 0.15) is 73.8 Å². The Kier molecular flexibility index (Phi) is 3.78. The summed E-state index contributed by atoms with van der Waals surface area (Å²) in [6.07, 6.45) is 4.42. The summed E-state index contributed by atoms with van der Waals surface area (Å²) in [6, 6.07) is 0.478. The molecule has 0 radical (unpaired) electrons. The summed E-state index contributed by atoms with van der Waals surface area (Å²) in [6.45, 7) is 2.38. The first kappa shape index (κ1) is 19.8. The molecule has 1 spiro atoms. The smallest absolute Gasteiger partial charge is 0.338 e. The van der Waals surface area contributed by atoms with E-state index in [0.717, 1.165) is 25.9 Å². The molecule has 0 bridgehead atoms. The average Bonchev–Trinajstić information content (AvgIpc) is 3.58. The molecule has 33 heavy (non-hydrogen) atoms. The summed E-state index contributed by atoms with van der Waals surface area (Å²) < 4.78 is 47.0. The fraction of sp³-hybridized carbons (Fsp3) is 0.727. The average molecular weight is 462 g/mol. The Morgan fingerprint density at radius 2 is 1.82 bits per heavy atom. The molecule has 0 N–H and O–H groups in total. The van der Waals surface area contributed by atoms with Crippen molar-refractivity contribution >= 4 is 6.03 Å². The minimum absolute atomic E-state index is 0.00310. The van der Waals surface area contributed by atoms with Gasteiger partial charge in [0.2, 0.25) is 5.89 Å². The lowest BCUT2D eigenvalue weighted by Crippen LogP contribution is -2.67. The maximum atomic E-state index is 13.3. The van der Waals surface area contributed by atoms with Gasteiger partial charge in [0.05, 0.1) is 17.9 Å². The second kappa shape index (κ2) is 6.29. The first-order chi connectivity index (χ1) is 15.8. The van der Waals surface area contributed by atoms with Crippen LogP contribution in [0.25, 0.3) is 0 Å². The molecule has 0 atom stereocenters. The maximum absolute atomic E-state index is 13.3. The standard InChI is InChI=1S/C22H25F3N6O2/c23-22(24,25)21(3-4-21)18-27-17(28-33-18)14-7-29(8-14)19(32)31-10-20(11-31)5-15(6-20)30-9-16(26-12-30)13-1-2-13/h9,12-15H,1-8,10-11H2. The number of rotatable bonds is 4. The van der Waals surface area contributed by atoms with Crippen LogP contribution in [0.4, 0.5) is 18.0 Å². The molecule has 5 fully saturated rings. The van der Waals surface area contributed by atoms with Crippen molar-refractivity contribution < 1.29 is 22.5 Å². The van der Waals surface area contributed by atoms with Gasteiger partial charge in [-0.25, -0.2) is 9.78 Å². The Morgan fingerprint density at radius 3 is 2.45 bits per heavy atom. The molecule has 0 unspecified atom stereocenters.